The van der Waals surface area contributed by atoms with Gasteiger partial charge in [0.1, 0.15) is 0 Å². The number of carbonyl (C=O) groups excluding carboxylic acids is 2. The van der Waals surface area contributed by atoms with Crippen molar-refractivity contribution in [3.63, 3.8) is 0 Å². The molecule has 1 N–H and O–H groups in total. The summed E-state index contributed by atoms with van der Waals surface area (Å²) in [4.78, 5) is 25.6. The van der Waals surface area contributed by atoms with Crippen LogP contribution in [0.15, 0.2) is 24.3 Å². The molecule has 0 saturated carbocycles. The molecule has 4 nitrogen and oxygen atoms in total. The lowest BCUT2D eigenvalue weighted by Crippen LogP contribution is -2.27. The Balaban J connectivity index is 2.23. The molecule has 2 bridgehead atoms. The highest BCUT2D eigenvalue weighted by Gasteiger charge is 2.13. The Hall–Kier alpha value is -1.84. The second kappa shape index (κ2) is 5.67. The number of nitrogens with one attached hydrogen (secondary N) is 1. The highest BCUT2D eigenvalue weighted by Crippen LogP contribution is 2.09. The number of nitrogens with zero attached hydrogens (tertiary/aromatic N) is 1. The molecule has 1 aromatic rings. The van der Waals surface area contributed by atoms with Gasteiger partial charge in [0.05, 0.1) is 0 Å². The van der Waals surface area contributed by atoms with Crippen LogP contribution in [0.2, 0.25) is 0 Å². The Bertz CT molecular complexity index is 440. The monoisotopic (exact) mass is 246 g/mol. The molecule has 0 fully saturated rings. The molecule has 96 valence electrons. The first kappa shape index (κ1) is 12.6. The minimum atomic E-state index is -0.0680. The lowest BCUT2D eigenvalue weighted by Gasteiger charge is -2.16. The molecule has 0 aliphatic carbocycles. The minimum absolute atomic E-state index is 0.0150. The third-order valence-electron chi connectivity index (χ3n) is 3.20. The van der Waals surface area contributed by atoms with Gasteiger partial charge in [-0.1, -0.05) is 0 Å². The van der Waals surface area contributed by atoms with Crippen LogP contribution in [0.4, 0.5) is 0 Å². The number of hydrogen-bond donors (Lipinski definition) is 1. The van der Waals surface area contributed by atoms with Gasteiger partial charge in [0.25, 0.3) is 11.8 Å². The van der Waals surface area contributed by atoms with E-state index in [0.717, 1.165) is 25.8 Å². The number of benzene rings is 1. The molecule has 2 heterocycles. The van der Waals surface area contributed by atoms with E-state index in [1.165, 1.54) is 0 Å². The summed E-state index contributed by atoms with van der Waals surface area (Å²) in [6.45, 7) is 1.45. The average Bonchev–Trinajstić information content (AvgIpc) is 2.42. The van der Waals surface area contributed by atoms with Crippen LogP contribution < -0.4 is 5.32 Å². The maximum Gasteiger partial charge on any atom is 0.253 e. The molecule has 0 atom stereocenters. The fourth-order valence-electron chi connectivity index (χ4n) is 2.04. The smallest absolute Gasteiger partial charge is 0.253 e. The van der Waals surface area contributed by atoms with E-state index in [2.05, 4.69) is 5.32 Å². The standard InChI is InChI=1S/C14H18N2O2/c1-16-10-4-2-3-9-15-13(17)11-5-7-12(8-6-11)14(16)18/h5-8H,2-4,9-10H2,1H3,(H,15,17). The molecule has 2 amide bonds. The highest BCUT2D eigenvalue weighted by atomic mass is 16.2. The van der Waals surface area contributed by atoms with E-state index in [-0.39, 0.29) is 11.8 Å². The van der Waals surface area contributed by atoms with Crippen molar-refractivity contribution in [1.82, 2.24) is 10.2 Å². The third kappa shape index (κ3) is 2.88. The summed E-state index contributed by atoms with van der Waals surface area (Å²) in [6, 6.07) is 6.83. The predicted octanol–water partition coefficient (Wildman–Crippen LogP) is 1.67. The normalized spacial score (nSPS) is 17.7. The van der Waals surface area contributed by atoms with Gasteiger partial charge < -0.3 is 10.2 Å². The Morgan fingerprint density at radius 1 is 1.00 bits per heavy atom. The fourth-order valence-corrected chi connectivity index (χ4v) is 2.04. The van der Waals surface area contributed by atoms with Gasteiger partial charge >= 0.3 is 0 Å². The van der Waals surface area contributed by atoms with E-state index in [4.69, 9.17) is 0 Å². The predicted molar refractivity (Wildman–Crippen MR) is 69.6 cm³/mol. The van der Waals surface area contributed by atoms with Crippen LogP contribution in [0.25, 0.3) is 0 Å². The number of rotatable bonds is 0. The van der Waals surface area contributed by atoms with Crippen molar-refractivity contribution in [2.45, 2.75) is 19.3 Å². The van der Waals surface area contributed by atoms with Gasteiger partial charge in [0.2, 0.25) is 0 Å². The Kier molecular flexibility index (Phi) is 3.97. The van der Waals surface area contributed by atoms with Crippen LogP contribution in [0.5, 0.6) is 0 Å². The van der Waals surface area contributed by atoms with E-state index in [1.807, 2.05) is 7.05 Å². The van der Waals surface area contributed by atoms with E-state index in [0.29, 0.717) is 17.7 Å². The summed E-state index contributed by atoms with van der Waals surface area (Å²) in [6.07, 6.45) is 2.93. The molecule has 0 saturated heterocycles. The largest absolute Gasteiger partial charge is 0.352 e. The highest BCUT2D eigenvalue weighted by molar-refractivity contribution is 5.97. The number of fused-ring (bicyclic) bond motifs is 10. The van der Waals surface area contributed by atoms with E-state index in [1.54, 1.807) is 29.2 Å². The summed E-state index contributed by atoms with van der Waals surface area (Å²) < 4.78 is 0. The zero-order chi connectivity index (χ0) is 13.0. The fraction of sp³-hybridized carbons (Fsp3) is 0.429. The van der Waals surface area contributed by atoms with Gasteiger partial charge in [0, 0.05) is 31.3 Å². The second-order valence-electron chi connectivity index (χ2n) is 4.62. The zero-order valence-corrected chi connectivity index (χ0v) is 10.6. The summed E-state index contributed by atoms with van der Waals surface area (Å²) >= 11 is 0. The minimum Gasteiger partial charge on any atom is -0.352 e. The van der Waals surface area contributed by atoms with Crippen molar-refractivity contribution in [1.29, 1.82) is 0 Å². The van der Waals surface area contributed by atoms with Gasteiger partial charge in [-0.25, -0.2) is 0 Å². The van der Waals surface area contributed by atoms with Crippen LogP contribution in [0.1, 0.15) is 40.0 Å². The molecule has 0 spiro atoms. The lowest BCUT2D eigenvalue weighted by atomic mass is 10.1. The molecule has 1 aromatic carbocycles. The molecule has 0 radical (unpaired) electrons. The number of amides is 2. The molecule has 3 rings (SSSR count). The van der Waals surface area contributed by atoms with Crippen molar-refractivity contribution < 1.29 is 9.59 Å². The van der Waals surface area contributed by atoms with Crippen molar-refractivity contribution in [2.75, 3.05) is 20.1 Å². The molecule has 0 aromatic heterocycles. The van der Waals surface area contributed by atoms with Crippen molar-refractivity contribution in [3.8, 4) is 0 Å². The lowest BCUT2D eigenvalue weighted by molar-refractivity contribution is 0.0792. The maximum atomic E-state index is 12.1. The SMILES string of the molecule is CN1CCCCCNC(=O)c2ccc(cc2)C1=O. The van der Waals surface area contributed by atoms with Gasteiger partial charge in [-0.05, 0) is 43.5 Å². The first-order chi connectivity index (χ1) is 8.68. The van der Waals surface area contributed by atoms with Gasteiger partial charge in [-0.15, -0.1) is 0 Å². The summed E-state index contributed by atoms with van der Waals surface area (Å²) in [5.41, 5.74) is 1.24. The molecule has 4 heteroatoms. The van der Waals surface area contributed by atoms with E-state index >= 15 is 0 Å². The first-order valence-corrected chi connectivity index (χ1v) is 6.32. The molecule has 0 unspecified atom stereocenters. The van der Waals surface area contributed by atoms with E-state index in [9.17, 15) is 9.59 Å². The van der Waals surface area contributed by atoms with Crippen LogP contribution >= 0.6 is 0 Å². The summed E-state index contributed by atoms with van der Waals surface area (Å²) in [5, 5.41) is 2.88. The molecular weight excluding hydrogens is 228 g/mol. The Morgan fingerprint density at radius 3 is 2.39 bits per heavy atom. The first-order valence-electron chi connectivity index (χ1n) is 6.32. The second-order valence-corrected chi connectivity index (χ2v) is 4.62. The summed E-state index contributed by atoms with van der Waals surface area (Å²) in [7, 11) is 1.82. The molecule has 2 aliphatic rings. The van der Waals surface area contributed by atoms with Crippen LogP contribution in [-0.4, -0.2) is 36.9 Å². The molecular formula is C14H18N2O2. The van der Waals surface area contributed by atoms with Crippen LogP contribution in [-0.2, 0) is 0 Å². The van der Waals surface area contributed by atoms with Crippen LogP contribution in [0, 0.1) is 0 Å². The Labute approximate surface area is 107 Å². The number of hydrogen-bond acceptors (Lipinski definition) is 2. The van der Waals surface area contributed by atoms with Gasteiger partial charge in [0.15, 0.2) is 0 Å². The topological polar surface area (TPSA) is 49.4 Å². The van der Waals surface area contributed by atoms with Crippen molar-refractivity contribution in [2.24, 2.45) is 0 Å². The average molecular weight is 246 g/mol. The molecule has 2 aliphatic heterocycles. The van der Waals surface area contributed by atoms with Gasteiger partial charge in [-0.2, -0.15) is 0 Å². The number of carbonyl (C=O) groups is 2. The quantitative estimate of drug-likeness (QED) is 0.757. The molecule has 18 heavy (non-hydrogen) atoms. The van der Waals surface area contributed by atoms with Crippen molar-refractivity contribution in [3.05, 3.63) is 35.4 Å². The van der Waals surface area contributed by atoms with Crippen molar-refractivity contribution >= 4 is 11.8 Å². The van der Waals surface area contributed by atoms with Crippen LogP contribution in [0.3, 0.4) is 0 Å². The maximum absolute atomic E-state index is 12.1. The summed E-state index contributed by atoms with van der Waals surface area (Å²) in [5.74, 6) is -0.0530. The van der Waals surface area contributed by atoms with Gasteiger partial charge in [-0.3, -0.25) is 9.59 Å². The zero-order valence-electron chi connectivity index (χ0n) is 10.6. The van der Waals surface area contributed by atoms with E-state index < -0.39 is 0 Å². The Morgan fingerprint density at radius 2 is 1.67 bits per heavy atom. The third-order valence-corrected chi connectivity index (χ3v) is 3.20.